The highest BCUT2D eigenvalue weighted by Crippen LogP contribution is 2.11. The molecule has 0 saturated carbocycles. The molecule has 2 atom stereocenters. The number of rotatable bonds is 8. The molecule has 0 spiro atoms. The average Bonchev–Trinajstić information content (AvgIpc) is 3.21. The first kappa shape index (κ1) is 33.3. The molecule has 0 amide bonds. The normalized spacial score (nSPS) is 12.1. The van der Waals surface area contributed by atoms with E-state index in [0.717, 1.165) is 11.6 Å². The van der Waals surface area contributed by atoms with E-state index in [1.165, 1.54) is 51.9 Å². The van der Waals surface area contributed by atoms with Gasteiger partial charge in [-0.2, -0.15) is 0 Å². The molecule has 0 aliphatic heterocycles. The summed E-state index contributed by atoms with van der Waals surface area (Å²) in [6.07, 6.45) is 13.0. The van der Waals surface area contributed by atoms with Crippen LogP contribution in [0.25, 0.3) is 0 Å². The molecule has 0 aliphatic rings. The number of aromatic amines is 1. The molecule has 1 heterocycles. The molecule has 0 aromatic carbocycles. The van der Waals surface area contributed by atoms with Crippen LogP contribution in [0.5, 0.6) is 0 Å². The van der Waals surface area contributed by atoms with Crippen molar-refractivity contribution < 1.29 is 14.6 Å². The van der Waals surface area contributed by atoms with Gasteiger partial charge in [-0.15, -0.1) is 0 Å². The Kier molecular flexibility index (Phi) is 24.8. The summed E-state index contributed by atoms with van der Waals surface area (Å²) >= 11 is 0. The van der Waals surface area contributed by atoms with Crippen molar-refractivity contribution in [2.24, 2.45) is 5.92 Å². The molecule has 0 radical (unpaired) electrons. The minimum atomic E-state index is -0.328. The van der Waals surface area contributed by atoms with Crippen LogP contribution in [0.2, 0.25) is 0 Å². The van der Waals surface area contributed by atoms with Crippen molar-refractivity contribution >= 4 is 5.97 Å². The zero-order chi connectivity index (χ0) is 24.0. The molecular weight excluding hydrogens is 376 g/mol. The number of imidazole rings is 1. The zero-order valence-electron chi connectivity index (χ0n) is 21.7. The minimum absolute atomic E-state index is 0.169. The van der Waals surface area contributed by atoms with E-state index in [4.69, 9.17) is 9.84 Å². The molecule has 180 valence electrons. The van der Waals surface area contributed by atoms with Gasteiger partial charge < -0.3 is 14.8 Å². The second-order valence-electron chi connectivity index (χ2n) is 8.81. The molecule has 2 unspecified atom stereocenters. The highest BCUT2D eigenvalue weighted by Gasteiger charge is 2.11. The molecule has 2 N–H and O–H groups in total. The quantitative estimate of drug-likeness (QED) is 0.337. The topological polar surface area (TPSA) is 75.2 Å². The predicted octanol–water partition coefficient (Wildman–Crippen LogP) is 7.27. The molecule has 1 rings (SSSR count). The number of nitrogens with one attached hydrogen (secondary N) is 1. The second-order valence-corrected chi connectivity index (χ2v) is 8.81. The van der Waals surface area contributed by atoms with Crippen molar-refractivity contribution in [2.45, 2.75) is 126 Å². The van der Waals surface area contributed by atoms with E-state index in [1.54, 1.807) is 12.5 Å². The standard InChI is InChI=1S/C9H20.C6H10N2O.C6H12O2.C4H10/c1-4-6-7-8-9(3)5-2;1-5(3-9)6-2-7-4-8-6;1-5(7)8-6(2,3)4;1-3-4-2/h9H,4-8H2,1-3H3;2,4-5,9H,3H2,1H3,(H,7,8);1-4H3;3-4H2,1-2H3. The van der Waals surface area contributed by atoms with Gasteiger partial charge in [-0.25, -0.2) is 4.98 Å². The van der Waals surface area contributed by atoms with E-state index in [9.17, 15) is 4.79 Å². The number of ether oxygens (including phenoxy) is 1. The van der Waals surface area contributed by atoms with Gasteiger partial charge in [-0.3, -0.25) is 4.79 Å². The first-order valence-electron chi connectivity index (χ1n) is 11.8. The predicted molar refractivity (Wildman–Crippen MR) is 130 cm³/mol. The molecule has 5 nitrogen and oxygen atoms in total. The maximum Gasteiger partial charge on any atom is 0.303 e. The van der Waals surface area contributed by atoms with Gasteiger partial charge in [0.2, 0.25) is 0 Å². The summed E-state index contributed by atoms with van der Waals surface area (Å²) in [4.78, 5) is 17.0. The zero-order valence-corrected chi connectivity index (χ0v) is 21.7. The van der Waals surface area contributed by atoms with Crippen LogP contribution in [0.3, 0.4) is 0 Å². The van der Waals surface area contributed by atoms with Gasteiger partial charge in [0.05, 0.1) is 12.9 Å². The number of esters is 1. The highest BCUT2D eigenvalue weighted by atomic mass is 16.6. The Labute approximate surface area is 187 Å². The number of aliphatic hydroxyl groups excluding tert-OH is 1. The average molecular weight is 429 g/mol. The number of carbonyl (C=O) groups excluding carboxylic acids is 1. The number of hydrogen-bond donors (Lipinski definition) is 2. The Morgan fingerprint density at radius 1 is 1.10 bits per heavy atom. The Hall–Kier alpha value is -1.36. The Balaban J connectivity index is -0.000000336. The molecule has 0 saturated heterocycles. The van der Waals surface area contributed by atoms with Crippen LogP contribution < -0.4 is 0 Å². The van der Waals surface area contributed by atoms with E-state index < -0.39 is 0 Å². The maximum atomic E-state index is 10.2. The largest absolute Gasteiger partial charge is 0.460 e. The fourth-order valence-corrected chi connectivity index (χ4v) is 2.01. The Morgan fingerprint density at radius 2 is 1.67 bits per heavy atom. The Bertz CT molecular complexity index is 451. The van der Waals surface area contributed by atoms with Gasteiger partial charge in [-0.05, 0) is 26.7 Å². The van der Waals surface area contributed by atoms with Crippen LogP contribution in [-0.2, 0) is 9.53 Å². The number of H-pyrrole nitrogens is 1. The molecular formula is C25H52N2O3. The summed E-state index contributed by atoms with van der Waals surface area (Å²) in [6, 6.07) is 0. The molecule has 0 bridgehead atoms. The van der Waals surface area contributed by atoms with Gasteiger partial charge >= 0.3 is 5.97 Å². The highest BCUT2D eigenvalue weighted by molar-refractivity contribution is 5.66. The van der Waals surface area contributed by atoms with E-state index in [2.05, 4.69) is 44.6 Å². The van der Waals surface area contributed by atoms with E-state index in [0.29, 0.717) is 0 Å². The number of aromatic nitrogens is 2. The number of hydrogen-bond acceptors (Lipinski definition) is 4. The lowest BCUT2D eigenvalue weighted by Gasteiger charge is -2.17. The summed E-state index contributed by atoms with van der Waals surface area (Å²) in [5, 5.41) is 8.66. The lowest BCUT2D eigenvalue weighted by molar-refractivity contribution is -0.151. The van der Waals surface area contributed by atoms with Crippen molar-refractivity contribution in [3.63, 3.8) is 0 Å². The monoisotopic (exact) mass is 428 g/mol. The van der Waals surface area contributed by atoms with Crippen LogP contribution in [0.1, 0.15) is 126 Å². The van der Waals surface area contributed by atoms with Crippen molar-refractivity contribution in [3.8, 4) is 0 Å². The van der Waals surface area contributed by atoms with Gasteiger partial charge in [-0.1, -0.05) is 86.5 Å². The summed E-state index contributed by atoms with van der Waals surface area (Å²) in [6.45, 7) is 20.3. The Morgan fingerprint density at radius 3 is 1.93 bits per heavy atom. The molecule has 1 aromatic rings. The lowest BCUT2D eigenvalue weighted by Crippen LogP contribution is -2.21. The fraction of sp³-hybridized carbons (Fsp3) is 0.840. The molecule has 0 fully saturated rings. The van der Waals surface area contributed by atoms with Gasteiger partial charge in [0.1, 0.15) is 5.60 Å². The first-order chi connectivity index (χ1) is 14.0. The van der Waals surface area contributed by atoms with Crippen LogP contribution in [0.4, 0.5) is 0 Å². The third-order valence-corrected chi connectivity index (χ3v) is 4.27. The number of aliphatic hydroxyl groups is 1. The van der Waals surface area contributed by atoms with Crippen LogP contribution >= 0.6 is 0 Å². The second kappa shape index (κ2) is 22.3. The van der Waals surface area contributed by atoms with E-state index in [1.807, 2.05) is 27.7 Å². The molecule has 30 heavy (non-hydrogen) atoms. The number of unbranched alkanes of at least 4 members (excludes halogenated alkanes) is 3. The third kappa shape index (κ3) is 28.8. The summed E-state index contributed by atoms with van der Waals surface area (Å²) in [5.74, 6) is 0.904. The minimum Gasteiger partial charge on any atom is -0.460 e. The van der Waals surface area contributed by atoms with Crippen LogP contribution in [-0.4, -0.2) is 33.3 Å². The van der Waals surface area contributed by atoms with Gasteiger partial charge in [0.15, 0.2) is 0 Å². The van der Waals surface area contributed by atoms with Gasteiger partial charge in [0.25, 0.3) is 0 Å². The van der Waals surface area contributed by atoms with Crippen molar-refractivity contribution in [1.82, 2.24) is 9.97 Å². The lowest BCUT2D eigenvalue weighted by atomic mass is 10.0. The maximum absolute atomic E-state index is 10.2. The van der Waals surface area contributed by atoms with E-state index >= 15 is 0 Å². The number of carbonyl (C=O) groups is 1. The van der Waals surface area contributed by atoms with Crippen molar-refractivity contribution in [1.29, 1.82) is 0 Å². The SMILES string of the molecule is CC(=O)OC(C)(C)C.CC(CO)c1cnc[nH]1.CCCC.CCCCCC(C)CC. The van der Waals surface area contributed by atoms with Crippen LogP contribution in [0.15, 0.2) is 12.5 Å². The van der Waals surface area contributed by atoms with Crippen LogP contribution in [0, 0.1) is 5.92 Å². The summed E-state index contributed by atoms with van der Waals surface area (Å²) < 4.78 is 4.80. The fourth-order valence-electron chi connectivity index (χ4n) is 2.01. The first-order valence-corrected chi connectivity index (χ1v) is 11.8. The molecule has 1 aromatic heterocycles. The number of nitrogens with zero attached hydrogens (tertiary/aromatic N) is 1. The van der Waals surface area contributed by atoms with Crippen molar-refractivity contribution in [3.05, 3.63) is 18.2 Å². The molecule has 5 heteroatoms. The van der Waals surface area contributed by atoms with E-state index in [-0.39, 0.29) is 24.1 Å². The van der Waals surface area contributed by atoms with Crippen molar-refractivity contribution in [2.75, 3.05) is 6.61 Å². The summed E-state index contributed by atoms with van der Waals surface area (Å²) in [7, 11) is 0. The van der Waals surface area contributed by atoms with Gasteiger partial charge in [0, 0.05) is 24.7 Å². The third-order valence-electron chi connectivity index (χ3n) is 4.27. The summed E-state index contributed by atoms with van der Waals surface area (Å²) in [5.41, 5.74) is 0.656. The smallest absolute Gasteiger partial charge is 0.303 e. The molecule has 0 aliphatic carbocycles.